The summed E-state index contributed by atoms with van der Waals surface area (Å²) in [5, 5.41) is 15.5. The molecule has 0 aliphatic carbocycles. The number of hydrogen-bond acceptors (Lipinski definition) is 6. The summed E-state index contributed by atoms with van der Waals surface area (Å²) in [5.41, 5.74) is 7.39. The summed E-state index contributed by atoms with van der Waals surface area (Å²) in [6.07, 6.45) is 3.06. The molecule has 0 aliphatic rings. The highest BCUT2D eigenvalue weighted by molar-refractivity contribution is 5.94. The van der Waals surface area contributed by atoms with E-state index in [-0.39, 0.29) is 17.3 Å². The molecule has 1 amide bonds. The molecule has 0 saturated carbocycles. The first-order chi connectivity index (χ1) is 12.9. The van der Waals surface area contributed by atoms with Crippen molar-refractivity contribution in [2.24, 2.45) is 5.73 Å². The van der Waals surface area contributed by atoms with Gasteiger partial charge in [-0.3, -0.25) is 14.9 Å². The standard InChI is InChI=1S/C18H18N6O3/c1-12(13-3-6-15(7-4-13)23-11-20-10-21-23)22(2)16-8-5-14(18(19)25)9-17(16)24(26)27/h3-12H,1-2H3,(H2,19,25)/t12-/m0/s1. The average Bonchev–Trinajstić information content (AvgIpc) is 3.21. The number of carbonyl (C=O) groups excluding carboxylic acids is 1. The monoisotopic (exact) mass is 366 g/mol. The first-order valence-corrected chi connectivity index (χ1v) is 8.14. The molecule has 2 aromatic carbocycles. The highest BCUT2D eigenvalue weighted by atomic mass is 16.6. The molecule has 0 radical (unpaired) electrons. The third-order valence-electron chi connectivity index (χ3n) is 4.48. The van der Waals surface area contributed by atoms with Crippen LogP contribution in [0, 0.1) is 10.1 Å². The van der Waals surface area contributed by atoms with Crippen LogP contribution in [0.15, 0.2) is 55.1 Å². The number of aromatic nitrogens is 3. The van der Waals surface area contributed by atoms with Crippen LogP contribution in [0.2, 0.25) is 0 Å². The molecular weight excluding hydrogens is 348 g/mol. The molecule has 1 heterocycles. The first kappa shape index (κ1) is 18.1. The first-order valence-electron chi connectivity index (χ1n) is 8.14. The maximum Gasteiger partial charge on any atom is 0.293 e. The molecule has 9 heteroatoms. The van der Waals surface area contributed by atoms with Crippen molar-refractivity contribution in [1.82, 2.24) is 14.8 Å². The molecule has 9 nitrogen and oxygen atoms in total. The van der Waals surface area contributed by atoms with Gasteiger partial charge < -0.3 is 10.6 Å². The van der Waals surface area contributed by atoms with Gasteiger partial charge in [0.05, 0.1) is 16.7 Å². The fraction of sp³-hybridized carbons (Fsp3) is 0.167. The van der Waals surface area contributed by atoms with Crippen LogP contribution in [0.3, 0.4) is 0 Å². The van der Waals surface area contributed by atoms with Gasteiger partial charge in [-0.25, -0.2) is 9.67 Å². The predicted octanol–water partition coefficient (Wildman–Crippen LogP) is 2.47. The second-order valence-corrected chi connectivity index (χ2v) is 6.04. The third-order valence-corrected chi connectivity index (χ3v) is 4.48. The number of amides is 1. The minimum atomic E-state index is -0.705. The lowest BCUT2D eigenvalue weighted by Crippen LogP contribution is -2.23. The summed E-state index contributed by atoms with van der Waals surface area (Å²) in [6.45, 7) is 1.94. The Bertz CT molecular complexity index is 969. The van der Waals surface area contributed by atoms with Crippen molar-refractivity contribution < 1.29 is 9.72 Å². The smallest absolute Gasteiger partial charge is 0.293 e. The zero-order valence-corrected chi connectivity index (χ0v) is 14.8. The summed E-state index contributed by atoms with van der Waals surface area (Å²) >= 11 is 0. The van der Waals surface area contributed by atoms with Gasteiger partial charge in [-0.05, 0) is 36.8 Å². The molecule has 3 rings (SSSR count). The third kappa shape index (κ3) is 3.61. The van der Waals surface area contributed by atoms with Gasteiger partial charge in [0.2, 0.25) is 5.91 Å². The van der Waals surface area contributed by atoms with Crippen molar-refractivity contribution in [3.63, 3.8) is 0 Å². The van der Waals surface area contributed by atoms with Crippen LogP contribution in [-0.2, 0) is 0 Å². The average molecular weight is 366 g/mol. The van der Waals surface area contributed by atoms with E-state index in [2.05, 4.69) is 10.1 Å². The fourth-order valence-corrected chi connectivity index (χ4v) is 2.80. The van der Waals surface area contributed by atoms with E-state index in [0.29, 0.717) is 5.69 Å². The van der Waals surface area contributed by atoms with Crippen molar-refractivity contribution in [2.75, 3.05) is 11.9 Å². The van der Waals surface area contributed by atoms with Crippen LogP contribution in [0.5, 0.6) is 0 Å². The molecule has 0 unspecified atom stereocenters. The fourth-order valence-electron chi connectivity index (χ4n) is 2.80. The van der Waals surface area contributed by atoms with Gasteiger partial charge in [0.25, 0.3) is 5.69 Å². The molecule has 0 fully saturated rings. The van der Waals surface area contributed by atoms with E-state index in [9.17, 15) is 14.9 Å². The van der Waals surface area contributed by atoms with E-state index in [1.54, 1.807) is 29.0 Å². The Morgan fingerprint density at radius 3 is 2.52 bits per heavy atom. The molecule has 0 saturated heterocycles. The zero-order chi connectivity index (χ0) is 19.6. The van der Waals surface area contributed by atoms with Crippen molar-refractivity contribution in [3.05, 3.63) is 76.4 Å². The van der Waals surface area contributed by atoms with Gasteiger partial charge in [0, 0.05) is 18.7 Å². The molecule has 2 N–H and O–H groups in total. The second-order valence-electron chi connectivity index (χ2n) is 6.04. The lowest BCUT2D eigenvalue weighted by Gasteiger charge is -2.27. The SMILES string of the molecule is C[C@@H](c1ccc(-n2cncn2)cc1)N(C)c1ccc(C(N)=O)cc1[N+](=O)[O-]. The molecule has 1 aromatic heterocycles. The van der Waals surface area contributed by atoms with Crippen LogP contribution in [0.4, 0.5) is 11.4 Å². The van der Waals surface area contributed by atoms with Gasteiger partial charge in [-0.1, -0.05) is 12.1 Å². The number of nitrogens with zero attached hydrogens (tertiary/aromatic N) is 5. The zero-order valence-electron chi connectivity index (χ0n) is 14.8. The number of nitrogens with two attached hydrogens (primary N) is 1. The topological polar surface area (TPSA) is 120 Å². The molecule has 27 heavy (non-hydrogen) atoms. The van der Waals surface area contributed by atoms with Crippen LogP contribution < -0.4 is 10.6 Å². The van der Waals surface area contributed by atoms with Gasteiger partial charge in [0.1, 0.15) is 18.3 Å². The van der Waals surface area contributed by atoms with Gasteiger partial charge in [-0.15, -0.1) is 0 Å². The number of rotatable bonds is 6. The number of nitro benzene ring substituents is 1. The largest absolute Gasteiger partial charge is 0.366 e. The summed E-state index contributed by atoms with van der Waals surface area (Å²) in [7, 11) is 1.77. The number of primary amides is 1. The second kappa shape index (κ2) is 7.24. The van der Waals surface area contributed by atoms with Gasteiger partial charge in [-0.2, -0.15) is 5.10 Å². The Kier molecular flexibility index (Phi) is 4.84. The summed E-state index contributed by atoms with van der Waals surface area (Å²) in [4.78, 5) is 27.9. The maximum atomic E-state index is 11.4. The lowest BCUT2D eigenvalue weighted by atomic mass is 10.0. The van der Waals surface area contributed by atoms with Crippen molar-refractivity contribution >= 4 is 17.3 Å². The van der Waals surface area contributed by atoms with Crippen LogP contribution >= 0.6 is 0 Å². The van der Waals surface area contributed by atoms with E-state index in [1.807, 2.05) is 31.2 Å². The van der Waals surface area contributed by atoms with Crippen LogP contribution in [0.25, 0.3) is 5.69 Å². The normalized spacial score (nSPS) is 11.8. The Morgan fingerprint density at radius 2 is 1.96 bits per heavy atom. The Labute approximate surface area is 155 Å². The number of hydrogen-bond donors (Lipinski definition) is 1. The van der Waals surface area contributed by atoms with E-state index in [4.69, 9.17) is 5.73 Å². The van der Waals surface area contributed by atoms with Crippen LogP contribution in [0.1, 0.15) is 28.9 Å². The molecular formula is C18H18N6O3. The van der Waals surface area contributed by atoms with E-state index in [0.717, 1.165) is 11.3 Å². The minimum Gasteiger partial charge on any atom is -0.366 e. The summed E-state index contributed by atoms with van der Waals surface area (Å²) in [6, 6.07) is 11.8. The molecule has 0 bridgehead atoms. The molecule has 1 atom stereocenters. The van der Waals surface area contributed by atoms with Gasteiger partial charge >= 0.3 is 0 Å². The molecule has 0 spiro atoms. The highest BCUT2D eigenvalue weighted by Gasteiger charge is 2.23. The van der Waals surface area contributed by atoms with Crippen LogP contribution in [-0.4, -0.2) is 32.6 Å². The Hall–Kier alpha value is -3.75. The number of anilines is 1. The quantitative estimate of drug-likeness (QED) is 0.528. The Morgan fingerprint density at radius 1 is 1.26 bits per heavy atom. The number of carbonyl (C=O) groups is 1. The number of benzene rings is 2. The molecule has 3 aromatic rings. The van der Waals surface area contributed by atoms with Crippen molar-refractivity contribution in [3.8, 4) is 5.69 Å². The van der Waals surface area contributed by atoms with E-state index >= 15 is 0 Å². The summed E-state index contributed by atoms with van der Waals surface area (Å²) < 4.78 is 1.64. The predicted molar refractivity (Wildman–Crippen MR) is 99.8 cm³/mol. The van der Waals surface area contributed by atoms with Gasteiger partial charge in [0.15, 0.2) is 0 Å². The minimum absolute atomic E-state index is 0.101. The van der Waals surface area contributed by atoms with E-state index < -0.39 is 10.8 Å². The lowest BCUT2D eigenvalue weighted by molar-refractivity contribution is -0.384. The summed E-state index contributed by atoms with van der Waals surface area (Å²) in [5.74, 6) is -0.705. The maximum absolute atomic E-state index is 11.4. The highest BCUT2D eigenvalue weighted by Crippen LogP contribution is 2.33. The molecule has 0 aliphatic heterocycles. The number of nitro groups is 1. The Balaban J connectivity index is 1.90. The molecule has 138 valence electrons. The van der Waals surface area contributed by atoms with E-state index in [1.165, 1.54) is 18.5 Å². The van der Waals surface area contributed by atoms with Crippen molar-refractivity contribution in [2.45, 2.75) is 13.0 Å². The van der Waals surface area contributed by atoms with Crippen molar-refractivity contribution in [1.29, 1.82) is 0 Å².